The van der Waals surface area contributed by atoms with Gasteiger partial charge in [0.25, 0.3) is 6.04 Å². The summed E-state index contributed by atoms with van der Waals surface area (Å²) >= 11 is 0. The maximum Gasteiger partial charge on any atom is 0.569 e. The van der Waals surface area contributed by atoms with Crippen LogP contribution in [0.1, 0.15) is 12.5 Å². The van der Waals surface area contributed by atoms with Crippen LogP contribution in [0.4, 0.5) is 4.48 Å². The van der Waals surface area contributed by atoms with E-state index in [4.69, 9.17) is 11.5 Å². The summed E-state index contributed by atoms with van der Waals surface area (Å²) in [7, 11) is -5.78. The largest absolute Gasteiger partial charge is 0.569 e. The number of hydrogen-bond donors (Lipinski definition) is 7. The highest BCUT2D eigenvalue weighted by molar-refractivity contribution is 7.45. The van der Waals surface area contributed by atoms with Crippen LogP contribution in [-0.4, -0.2) is 69.8 Å². The van der Waals surface area contributed by atoms with Gasteiger partial charge in [0.05, 0.1) is 17.1 Å². The second-order valence-electron chi connectivity index (χ2n) is 7.70. The number of carboxylic acid groups (broad SMARTS) is 1. The number of aliphatic hydroxyl groups excluding tert-OH is 2. The highest BCUT2D eigenvalue weighted by atomic mass is 31.2. The molecule has 0 radical (unpaired) electrons. The van der Waals surface area contributed by atoms with E-state index in [0.29, 0.717) is 0 Å². The van der Waals surface area contributed by atoms with E-state index in [9.17, 15) is 54.7 Å². The molecule has 0 aliphatic carbocycles. The summed E-state index contributed by atoms with van der Waals surface area (Å²) in [5.74, 6) is -3.84. The fourth-order valence-corrected chi connectivity index (χ4v) is 4.76. The van der Waals surface area contributed by atoms with E-state index in [1.807, 2.05) is 0 Å². The molecule has 2 rings (SSSR count). The number of nitrogens with zero attached hydrogens (tertiary/aromatic N) is 3. The molecule has 0 saturated heterocycles. The molecular weight excluding hydrogens is 500 g/mol. The van der Waals surface area contributed by atoms with Crippen molar-refractivity contribution in [1.82, 2.24) is 0 Å². The zero-order valence-electron chi connectivity index (χ0n) is 17.8. The average molecular weight is 522 g/mol. The number of halogens is 1. The number of rotatable bonds is 9. The molecule has 0 fully saturated rings. The molecule has 0 amide bonds. The molecule has 192 valence electrons. The number of benzene rings is 1. The minimum Gasteiger partial charge on any atom is -0.506 e. The molecule has 35 heavy (non-hydrogen) atoms. The van der Waals surface area contributed by atoms with Gasteiger partial charge in [0, 0.05) is 15.0 Å². The van der Waals surface area contributed by atoms with Crippen molar-refractivity contribution >= 4 is 13.7 Å². The van der Waals surface area contributed by atoms with Gasteiger partial charge in [0.1, 0.15) is 6.20 Å². The predicted octanol–water partition coefficient (Wildman–Crippen LogP) is -0.613. The molecule has 1 heterocycles. The number of nitrogens with two attached hydrogens (primary N) is 2. The Kier molecular flexibility index (Phi) is 7.22. The van der Waals surface area contributed by atoms with Crippen molar-refractivity contribution in [2.75, 3.05) is 6.61 Å². The number of aliphatic carboxylic acids is 1. The van der Waals surface area contributed by atoms with Crippen molar-refractivity contribution < 1.29 is 53.3 Å². The van der Waals surface area contributed by atoms with Crippen LogP contribution in [0, 0.1) is 20.2 Å². The molecule has 5 unspecified atom stereocenters. The Hall–Kier alpha value is -3.31. The maximum atomic E-state index is 15.3. The summed E-state index contributed by atoms with van der Waals surface area (Å²) in [5.41, 5.74) is 1.95. The second kappa shape index (κ2) is 9.04. The van der Waals surface area contributed by atoms with Gasteiger partial charge in [-0.15, -0.1) is 0 Å². The lowest BCUT2D eigenvalue weighted by Crippen LogP contribution is -2.77. The molecule has 0 saturated carbocycles. The van der Waals surface area contributed by atoms with Crippen LogP contribution in [0.3, 0.4) is 0 Å². The molecule has 1 aliphatic heterocycles. The molecule has 18 heteroatoms. The zero-order chi connectivity index (χ0) is 27.1. The van der Waals surface area contributed by atoms with E-state index in [2.05, 4.69) is 0 Å². The van der Waals surface area contributed by atoms with E-state index in [1.165, 1.54) is 18.2 Å². The first-order chi connectivity index (χ1) is 15.9. The lowest BCUT2D eigenvalue weighted by Gasteiger charge is -2.40. The first-order valence-corrected chi connectivity index (χ1v) is 11.0. The minimum atomic E-state index is -5.78. The van der Waals surface area contributed by atoms with Crippen LogP contribution in [0.5, 0.6) is 0 Å². The van der Waals surface area contributed by atoms with Gasteiger partial charge in [-0.25, -0.2) is 4.79 Å². The van der Waals surface area contributed by atoms with Crippen molar-refractivity contribution in [3.05, 3.63) is 79.2 Å². The quantitative estimate of drug-likeness (QED) is 0.0701. The molecule has 16 nitrogen and oxygen atoms in total. The van der Waals surface area contributed by atoms with Crippen molar-refractivity contribution in [3.63, 3.8) is 0 Å². The van der Waals surface area contributed by atoms with E-state index in [-0.39, 0.29) is 6.20 Å². The van der Waals surface area contributed by atoms with Crippen molar-refractivity contribution in [1.29, 1.82) is 0 Å². The highest BCUT2D eigenvalue weighted by Crippen LogP contribution is 2.56. The SMILES string of the molecule is CC1C(O)=C(C([N+](=O)[O-])C(N)(c2ccccc2)C(N)(C(=O)O)[N+](=O)[O-])C(CO)=C[N+]1(F)P(=O)(O)O. The molecule has 0 spiro atoms. The van der Waals surface area contributed by atoms with Crippen LogP contribution in [0.2, 0.25) is 0 Å². The lowest BCUT2D eigenvalue weighted by molar-refractivity contribution is -0.937. The normalized spacial score (nSPS) is 25.1. The Morgan fingerprint density at radius 1 is 1.26 bits per heavy atom. The fourth-order valence-electron chi connectivity index (χ4n) is 3.91. The Morgan fingerprint density at radius 3 is 2.14 bits per heavy atom. The average Bonchev–Trinajstić information content (AvgIpc) is 2.77. The molecule has 5 atom stereocenters. The summed E-state index contributed by atoms with van der Waals surface area (Å²) < 4.78 is 24.2. The van der Waals surface area contributed by atoms with Gasteiger partial charge in [-0.05, 0) is 17.0 Å². The zero-order valence-corrected chi connectivity index (χ0v) is 18.7. The maximum absolute atomic E-state index is 15.3. The van der Waals surface area contributed by atoms with Crippen molar-refractivity contribution in [3.8, 4) is 0 Å². The number of hydrogen-bond acceptors (Lipinski definition) is 10. The van der Waals surface area contributed by atoms with Gasteiger partial charge in [0.2, 0.25) is 5.54 Å². The van der Waals surface area contributed by atoms with Gasteiger partial charge in [-0.2, -0.15) is 4.57 Å². The Morgan fingerprint density at radius 2 is 1.77 bits per heavy atom. The van der Waals surface area contributed by atoms with Crippen molar-refractivity contribution in [2.45, 2.75) is 30.2 Å². The van der Waals surface area contributed by atoms with Gasteiger partial charge < -0.3 is 21.1 Å². The summed E-state index contributed by atoms with van der Waals surface area (Å²) in [6.07, 6.45) is 0.0769. The smallest absolute Gasteiger partial charge is 0.506 e. The molecule has 0 aromatic heterocycles. The Labute approximate surface area is 195 Å². The second-order valence-corrected chi connectivity index (χ2v) is 9.34. The predicted molar refractivity (Wildman–Crippen MR) is 112 cm³/mol. The van der Waals surface area contributed by atoms with Crippen LogP contribution in [0.25, 0.3) is 0 Å². The van der Waals surface area contributed by atoms with Crippen LogP contribution in [-0.2, 0) is 14.9 Å². The summed E-state index contributed by atoms with van der Waals surface area (Å²) in [6.45, 7) is -0.661. The summed E-state index contributed by atoms with van der Waals surface area (Å²) in [6, 6.07) is 0.647. The third-order valence-corrected chi connectivity index (χ3v) is 7.14. The highest BCUT2D eigenvalue weighted by Gasteiger charge is 2.74. The number of carboxylic acids is 1. The standard InChI is InChI=1S/C17H21FN5O11P/c1-9-13(25)12(10(8-24)7-23(9,18)35(32,33)34)14(21(28)29)16(19,11-5-3-2-4-6-11)17(20,15(26)27)22(30)31/h2-7,9,14,24H,8,19-20H2,1H3,(H3-,25,26,27,32,33,34)/p+1. The molecule has 1 aromatic rings. The number of carbonyl (C=O) groups is 1. The number of nitro groups is 2. The molecule has 1 aliphatic rings. The topological polar surface area (TPSA) is 274 Å². The molecule has 0 bridgehead atoms. The van der Waals surface area contributed by atoms with Gasteiger partial charge in [-0.1, -0.05) is 30.3 Å². The van der Waals surface area contributed by atoms with Crippen LogP contribution >= 0.6 is 7.75 Å². The summed E-state index contributed by atoms with van der Waals surface area (Å²) in [4.78, 5) is 52.3. The van der Waals surface area contributed by atoms with Crippen LogP contribution in [0.15, 0.2) is 53.4 Å². The number of aliphatic hydroxyl groups is 2. The minimum absolute atomic E-state index is 0.0769. The van der Waals surface area contributed by atoms with Gasteiger partial charge in [-0.3, -0.25) is 35.7 Å². The molecule has 1 aromatic carbocycles. The van der Waals surface area contributed by atoms with Crippen LogP contribution < -0.4 is 11.5 Å². The molecular formula is C17H22FN5O11P+. The first kappa shape index (κ1) is 27.9. The van der Waals surface area contributed by atoms with E-state index in [1.54, 1.807) is 0 Å². The third-order valence-electron chi connectivity index (χ3n) is 5.88. The third kappa shape index (κ3) is 3.98. The summed E-state index contributed by atoms with van der Waals surface area (Å²) in [5, 5.41) is 54.4. The lowest BCUT2D eigenvalue weighted by atomic mass is 9.69. The molecule has 9 N–H and O–H groups in total. The Balaban J connectivity index is 3.07. The Bertz CT molecular complexity index is 1160. The van der Waals surface area contributed by atoms with Gasteiger partial charge >= 0.3 is 19.4 Å². The first-order valence-electron chi connectivity index (χ1n) is 9.47. The van der Waals surface area contributed by atoms with E-state index < -0.39 is 80.4 Å². The van der Waals surface area contributed by atoms with Crippen molar-refractivity contribution in [2.24, 2.45) is 11.5 Å². The van der Waals surface area contributed by atoms with Gasteiger partial charge in [0.15, 0.2) is 11.8 Å². The fraction of sp³-hybridized carbons (Fsp3) is 0.353. The van der Waals surface area contributed by atoms with E-state index >= 15 is 4.48 Å². The number of quaternary nitrogens is 1. The van der Waals surface area contributed by atoms with E-state index in [0.717, 1.165) is 19.1 Å². The monoisotopic (exact) mass is 522 g/mol.